The van der Waals surface area contributed by atoms with Crippen LogP contribution in [0, 0.1) is 0 Å². The summed E-state index contributed by atoms with van der Waals surface area (Å²) in [5, 5.41) is 2.53. The Hall–Kier alpha value is -3.48. The zero-order chi connectivity index (χ0) is 26.5. The van der Waals surface area contributed by atoms with E-state index in [9.17, 15) is 27.6 Å². The first-order valence-electron chi connectivity index (χ1n) is 11.2. The van der Waals surface area contributed by atoms with Gasteiger partial charge in [0.25, 0.3) is 0 Å². The van der Waals surface area contributed by atoms with Crippen LogP contribution in [0.5, 0.6) is 0 Å². The summed E-state index contributed by atoms with van der Waals surface area (Å²) in [4.78, 5) is 36.8. The fraction of sp³-hybridized carbons (Fsp3) is 0.107. The van der Waals surface area contributed by atoms with Gasteiger partial charge in [-0.25, -0.2) is 0 Å². The number of hydrogen-bond acceptors (Lipinski definition) is 4. The van der Waals surface area contributed by atoms with Crippen LogP contribution in [0.3, 0.4) is 0 Å². The molecule has 0 bridgehead atoms. The molecule has 1 amide bonds. The standard InChI is InChI=1S/C28H21AsF3NO3S/c30-28(31,32)25(35)22-16-17-23(37-22)26(36)33-18-24(34)29-27(19-10-4-1-5-11-19,20-12-6-2-7-13-20)21-14-8-3-9-15-21/h1-17,29H,18H2,(H,33,36). The third kappa shape index (κ3) is 5.92. The summed E-state index contributed by atoms with van der Waals surface area (Å²) in [6.07, 6.45) is -5.02. The van der Waals surface area contributed by atoms with Crippen molar-refractivity contribution in [1.29, 1.82) is 0 Å². The van der Waals surface area contributed by atoms with Crippen LogP contribution in [0.1, 0.15) is 36.0 Å². The fourth-order valence-electron chi connectivity index (χ4n) is 4.00. The monoisotopic (exact) mass is 583 g/mol. The molecule has 1 N–H and O–H groups in total. The summed E-state index contributed by atoms with van der Waals surface area (Å²) in [6, 6.07) is 31.3. The Labute approximate surface area is 222 Å². The molecule has 37 heavy (non-hydrogen) atoms. The van der Waals surface area contributed by atoms with Crippen molar-refractivity contribution in [3.05, 3.63) is 130 Å². The van der Waals surface area contributed by atoms with Crippen LogP contribution in [0.2, 0.25) is 0 Å². The van der Waals surface area contributed by atoms with E-state index in [0.29, 0.717) is 11.3 Å². The van der Waals surface area contributed by atoms with E-state index in [1.807, 2.05) is 91.0 Å². The second-order valence-electron chi connectivity index (χ2n) is 8.07. The topological polar surface area (TPSA) is 63.2 Å². The Balaban J connectivity index is 1.60. The predicted molar refractivity (Wildman–Crippen MR) is 138 cm³/mol. The molecule has 3 aromatic carbocycles. The number of halogens is 3. The molecule has 4 rings (SSSR count). The molecule has 4 aromatic rings. The summed E-state index contributed by atoms with van der Waals surface area (Å²) in [5.74, 6) is -2.70. The summed E-state index contributed by atoms with van der Waals surface area (Å²) in [7, 11) is 0. The van der Waals surface area contributed by atoms with Crippen molar-refractivity contribution in [2.45, 2.75) is 10.4 Å². The van der Waals surface area contributed by atoms with Gasteiger partial charge in [-0.15, -0.1) is 0 Å². The summed E-state index contributed by atoms with van der Waals surface area (Å²) in [6.45, 7) is -0.270. The van der Waals surface area contributed by atoms with Crippen LogP contribution in [0.15, 0.2) is 103 Å². The second-order valence-corrected chi connectivity index (χ2v) is 12.4. The van der Waals surface area contributed by atoms with Gasteiger partial charge in [0, 0.05) is 0 Å². The number of amides is 1. The van der Waals surface area contributed by atoms with Crippen molar-refractivity contribution in [3.63, 3.8) is 0 Å². The van der Waals surface area contributed by atoms with Gasteiger partial charge in [0.05, 0.1) is 0 Å². The van der Waals surface area contributed by atoms with E-state index in [1.165, 1.54) is 0 Å². The van der Waals surface area contributed by atoms with Gasteiger partial charge in [0.1, 0.15) is 0 Å². The average Bonchev–Trinajstić information content (AvgIpc) is 3.41. The van der Waals surface area contributed by atoms with Crippen molar-refractivity contribution in [3.8, 4) is 0 Å². The number of thiophene rings is 1. The molecule has 9 heteroatoms. The third-order valence-corrected chi connectivity index (χ3v) is 10.3. The summed E-state index contributed by atoms with van der Waals surface area (Å²) in [5.41, 5.74) is 2.88. The zero-order valence-electron chi connectivity index (χ0n) is 19.3. The van der Waals surface area contributed by atoms with Gasteiger partial charge in [-0.1, -0.05) is 0 Å². The first kappa shape index (κ1) is 26.6. The van der Waals surface area contributed by atoms with Gasteiger partial charge in [-0.3, -0.25) is 0 Å². The van der Waals surface area contributed by atoms with E-state index in [1.54, 1.807) is 0 Å². The number of benzene rings is 3. The van der Waals surface area contributed by atoms with Gasteiger partial charge < -0.3 is 0 Å². The number of carbonyl (C=O) groups excluding carboxylic acids is 3. The molecule has 1 heterocycles. The number of carbonyl (C=O) groups is 3. The molecule has 1 unspecified atom stereocenters. The van der Waals surface area contributed by atoms with Crippen LogP contribution in [0.25, 0.3) is 0 Å². The summed E-state index contributed by atoms with van der Waals surface area (Å²) < 4.78 is 37.2. The molecular formula is C28H21AsF3NO3S. The SMILES string of the molecule is O=C(CNC(=O)c1ccc(C(=O)C(F)(F)F)s1)[AsH]C(c1ccccc1)(c1ccccc1)c1ccccc1. The van der Waals surface area contributed by atoms with Gasteiger partial charge in [0.15, 0.2) is 0 Å². The molecular weight excluding hydrogens is 562 g/mol. The maximum absolute atomic E-state index is 13.4. The van der Waals surface area contributed by atoms with Crippen LogP contribution in [-0.2, 0) is 9.00 Å². The van der Waals surface area contributed by atoms with Gasteiger partial charge in [-0.2, -0.15) is 0 Å². The molecule has 0 saturated heterocycles. The molecule has 1 atom stereocenters. The van der Waals surface area contributed by atoms with E-state index in [2.05, 4.69) is 5.32 Å². The van der Waals surface area contributed by atoms with Crippen molar-refractivity contribution < 1.29 is 27.6 Å². The summed E-state index contributed by atoms with van der Waals surface area (Å²) >= 11 is -1.04. The molecule has 4 nitrogen and oxygen atoms in total. The Morgan fingerprint density at radius 3 is 1.54 bits per heavy atom. The average molecular weight is 583 g/mol. The van der Waals surface area contributed by atoms with E-state index in [-0.39, 0.29) is 16.0 Å². The molecule has 188 valence electrons. The second kappa shape index (κ2) is 11.3. The number of hydrogen-bond donors (Lipinski definition) is 1. The van der Waals surface area contributed by atoms with Crippen LogP contribution < -0.4 is 5.32 Å². The van der Waals surface area contributed by atoms with Gasteiger partial charge in [-0.05, 0) is 0 Å². The van der Waals surface area contributed by atoms with Crippen molar-refractivity contribution in [2.75, 3.05) is 6.54 Å². The Bertz CT molecular complexity index is 1290. The van der Waals surface area contributed by atoms with Gasteiger partial charge >= 0.3 is 223 Å². The number of Topliss-reactive ketones (excluding diaryl/α,β-unsaturated/α-hetero) is 1. The fourth-order valence-corrected chi connectivity index (χ4v) is 8.09. The molecule has 0 aliphatic heterocycles. The molecule has 0 aliphatic carbocycles. The number of rotatable bonds is 9. The van der Waals surface area contributed by atoms with Crippen molar-refractivity contribution in [1.82, 2.24) is 5.32 Å². The molecule has 0 radical (unpaired) electrons. The predicted octanol–water partition coefficient (Wildman–Crippen LogP) is 5.18. The molecule has 0 saturated carbocycles. The maximum atomic E-state index is 13.4. The van der Waals surface area contributed by atoms with E-state index in [0.717, 1.165) is 28.8 Å². The first-order valence-corrected chi connectivity index (χ1v) is 14.1. The van der Waals surface area contributed by atoms with E-state index >= 15 is 0 Å². The Kier molecular flexibility index (Phi) is 8.10. The molecule has 1 aromatic heterocycles. The number of alkyl halides is 3. The van der Waals surface area contributed by atoms with Crippen LogP contribution in [-0.4, -0.2) is 44.7 Å². The van der Waals surface area contributed by atoms with Crippen LogP contribution >= 0.6 is 11.3 Å². The first-order chi connectivity index (χ1) is 17.7. The minimum atomic E-state index is -5.02. The van der Waals surface area contributed by atoms with E-state index < -0.39 is 42.7 Å². The molecule has 0 fully saturated rings. The van der Waals surface area contributed by atoms with E-state index in [4.69, 9.17) is 0 Å². The number of nitrogens with one attached hydrogen (secondary N) is 1. The molecule has 0 aliphatic rings. The molecule has 0 spiro atoms. The third-order valence-electron chi connectivity index (χ3n) is 5.67. The Morgan fingerprint density at radius 1 is 0.676 bits per heavy atom. The van der Waals surface area contributed by atoms with Crippen LogP contribution in [0.4, 0.5) is 13.2 Å². The van der Waals surface area contributed by atoms with Crippen molar-refractivity contribution in [2.24, 2.45) is 0 Å². The normalized spacial score (nSPS) is 12.0. The van der Waals surface area contributed by atoms with Gasteiger partial charge in [0.2, 0.25) is 0 Å². The minimum absolute atomic E-state index is 0.0687. The number of ketones is 1. The zero-order valence-corrected chi connectivity index (χ0v) is 22.2. The Morgan fingerprint density at radius 2 is 1.11 bits per heavy atom. The quantitative estimate of drug-likeness (QED) is 0.168. The van der Waals surface area contributed by atoms with Crippen molar-refractivity contribution >= 4 is 43.4 Å².